The van der Waals surface area contributed by atoms with E-state index >= 15 is 0 Å². The number of aromatic nitrogens is 1. The lowest BCUT2D eigenvalue weighted by molar-refractivity contribution is 0.0954. The van der Waals surface area contributed by atoms with Crippen LogP contribution >= 0.6 is 34.5 Å². The Bertz CT molecular complexity index is 630. The number of benzene rings is 1. The van der Waals surface area contributed by atoms with Gasteiger partial charge in [-0.15, -0.1) is 11.3 Å². The van der Waals surface area contributed by atoms with Gasteiger partial charge in [0.05, 0.1) is 17.1 Å². The smallest absolute Gasteiger partial charge is 0.252 e. The topological polar surface area (TPSA) is 54.0 Å². The first-order valence-corrected chi connectivity index (χ1v) is 8.09. The van der Waals surface area contributed by atoms with Crippen molar-refractivity contribution in [2.45, 2.75) is 19.9 Å². The molecule has 2 rings (SSSR count). The number of nitrogens with zero attached hydrogens (tertiary/aromatic N) is 1. The van der Waals surface area contributed by atoms with Crippen LogP contribution in [-0.4, -0.2) is 17.4 Å². The van der Waals surface area contributed by atoms with E-state index in [4.69, 9.17) is 23.2 Å². The fourth-order valence-corrected chi connectivity index (χ4v) is 2.88. The van der Waals surface area contributed by atoms with Crippen molar-refractivity contribution in [3.05, 3.63) is 44.3 Å². The molecule has 1 aromatic heterocycles. The predicted molar refractivity (Wildman–Crippen MR) is 88.5 cm³/mol. The number of carbonyl (C=O) groups excluding carboxylic acids is 1. The molecule has 0 aliphatic carbocycles. The predicted octanol–water partition coefficient (Wildman–Crippen LogP) is 4.20. The summed E-state index contributed by atoms with van der Waals surface area (Å²) in [5.74, 6) is -0.150. The summed E-state index contributed by atoms with van der Waals surface area (Å²) in [5, 5.41) is 6.45. The summed E-state index contributed by atoms with van der Waals surface area (Å²) in [6.07, 6.45) is 2.62. The van der Waals surface area contributed by atoms with E-state index in [0.717, 1.165) is 17.0 Å². The SMILES string of the molecule is CCCNC(=O)c1ccc(NCc2cnc(Cl)s2)cc1Cl. The maximum absolute atomic E-state index is 11.9. The minimum atomic E-state index is -0.150. The van der Waals surface area contributed by atoms with Crippen molar-refractivity contribution in [2.24, 2.45) is 0 Å². The highest BCUT2D eigenvalue weighted by molar-refractivity contribution is 7.15. The summed E-state index contributed by atoms with van der Waals surface area (Å²) in [6, 6.07) is 5.29. The Hall–Kier alpha value is -1.30. The van der Waals surface area contributed by atoms with Crippen molar-refractivity contribution in [3.63, 3.8) is 0 Å². The molecule has 1 aromatic carbocycles. The second-order valence-corrected chi connectivity index (χ2v) is 6.49. The van der Waals surface area contributed by atoms with Gasteiger partial charge in [-0.2, -0.15) is 0 Å². The van der Waals surface area contributed by atoms with Crippen LogP contribution < -0.4 is 10.6 Å². The molecule has 0 radical (unpaired) electrons. The molecule has 2 N–H and O–H groups in total. The van der Waals surface area contributed by atoms with Crippen molar-refractivity contribution < 1.29 is 4.79 Å². The van der Waals surface area contributed by atoms with E-state index in [1.807, 2.05) is 13.0 Å². The fraction of sp³-hybridized carbons (Fsp3) is 0.286. The molecule has 0 atom stereocenters. The molecule has 2 aromatic rings. The quantitative estimate of drug-likeness (QED) is 0.826. The molecule has 1 amide bonds. The Labute approximate surface area is 137 Å². The van der Waals surface area contributed by atoms with Gasteiger partial charge in [-0.25, -0.2) is 4.98 Å². The molecule has 0 spiro atoms. The fourth-order valence-electron chi connectivity index (χ4n) is 1.70. The van der Waals surface area contributed by atoms with E-state index < -0.39 is 0 Å². The standard InChI is InChI=1S/C14H15Cl2N3OS/c1-2-5-17-13(20)11-4-3-9(6-12(11)15)18-7-10-8-19-14(16)21-10/h3-4,6,8,18H,2,5,7H2,1H3,(H,17,20). The Morgan fingerprint density at radius 2 is 2.19 bits per heavy atom. The van der Waals surface area contributed by atoms with Gasteiger partial charge in [-0.3, -0.25) is 4.79 Å². The van der Waals surface area contributed by atoms with E-state index in [1.165, 1.54) is 11.3 Å². The van der Waals surface area contributed by atoms with Gasteiger partial charge in [-0.1, -0.05) is 30.1 Å². The van der Waals surface area contributed by atoms with E-state index in [1.54, 1.807) is 18.3 Å². The monoisotopic (exact) mass is 343 g/mol. The number of halogens is 2. The van der Waals surface area contributed by atoms with Crippen LogP contribution in [-0.2, 0) is 6.54 Å². The molecule has 1 heterocycles. The zero-order chi connectivity index (χ0) is 15.2. The van der Waals surface area contributed by atoms with E-state index in [-0.39, 0.29) is 5.91 Å². The summed E-state index contributed by atoms with van der Waals surface area (Å²) in [6.45, 7) is 3.25. The van der Waals surface area contributed by atoms with Crippen molar-refractivity contribution in [2.75, 3.05) is 11.9 Å². The summed E-state index contributed by atoms with van der Waals surface area (Å²) < 4.78 is 0.521. The molecule has 21 heavy (non-hydrogen) atoms. The first kappa shape index (κ1) is 16.1. The number of rotatable bonds is 6. The van der Waals surface area contributed by atoms with Gasteiger partial charge in [0.2, 0.25) is 0 Å². The largest absolute Gasteiger partial charge is 0.380 e. The number of anilines is 1. The molecule has 0 bridgehead atoms. The Balaban J connectivity index is 1.99. The Morgan fingerprint density at radius 1 is 1.38 bits per heavy atom. The molecule has 0 unspecified atom stereocenters. The van der Waals surface area contributed by atoms with Gasteiger partial charge in [0.15, 0.2) is 4.47 Å². The van der Waals surface area contributed by atoms with E-state index in [2.05, 4.69) is 15.6 Å². The molecule has 112 valence electrons. The minimum Gasteiger partial charge on any atom is -0.380 e. The normalized spacial score (nSPS) is 10.4. The third-order valence-electron chi connectivity index (χ3n) is 2.74. The lowest BCUT2D eigenvalue weighted by Gasteiger charge is -2.09. The third kappa shape index (κ3) is 4.59. The highest BCUT2D eigenvalue weighted by Gasteiger charge is 2.10. The van der Waals surface area contributed by atoms with Crippen LogP contribution in [0.15, 0.2) is 24.4 Å². The van der Waals surface area contributed by atoms with Gasteiger partial charge in [0.25, 0.3) is 5.91 Å². The average molecular weight is 344 g/mol. The Morgan fingerprint density at radius 3 is 2.81 bits per heavy atom. The van der Waals surface area contributed by atoms with Crippen LogP contribution in [0.4, 0.5) is 5.69 Å². The van der Waals surface area contributed by atoms with Gasteiger partial charge < -0.3 is 10.6 Å². The third-order valence-corrected chi connectivity index (χ3v) is 4.17. The summed E-state index contributed by atoms with van der Waals surface area (Å²) in [7, 11) is 0. The van der Waals surface area contributed by atoms with Crippen LogP contribution in [0.25, 0.3) is 0 Å². The molecule has 7 heteroatoms. The number of thiazole rings is 1. The van der Waals surface area contributed by atoms with Crippen LogP contribution in [0, 0.1) is 0 Å². The summed E-state index contributed by atoms with van der Waals surface area (Å²) in [4.78, 5) is 16.9. The first-order valence-electron chi connectivity index (χ1n) is 6.52. The van der Waals surface area contributed by atoms with Crippen LogP contribution in [0.1, 0.15) is 28.6 Å². The second-order valence-electron chi connectivity index (χ2n) is 4.38. The van der Waals surface area contributed by atoms with Crippen molar-refractivity contribution in [3.8, 4) is 0 Å². The van der Waals surface area contributed by atoms with Gasteiger partial charge in [-0.05, 0) is 24.6 Å². The molecular formula is C14H15Cl2N3OS. The second kappa shape index (κ2) is 7.64. The first-order chi connectivity index (χ1) is 10.1. The molecule has 0 saturated heterocycles. The van der Waals surface area contributed by atoms with Crippen LogP contribution in [0.5, 0.6) is 0 Å². The van der Waals surface area contributed by atoms with Gasteiger partial charge >= 0.3 is 0 Å². The lowest BCUT2D eigenvalue weighted by Crippen LogP contribution is -2.24. The maximum Gasteiger partial charge on any atom is 0.252 e. The highest BCUT2D eigenvalue weighted by atomic mass is 35.5. The molecule has 0 fully saturated rings. The van der Waals surface area contributed by atoms with Crippen molar-refractivity contribution >= 4 is 46.1 Å². The molecule has 4 nitrogen and oxygen atoms in total. The zero-order valence-electron chi connectivity index (χ0n) is 11.5. The number of hydrogen-bond donors (Lipinski definition) is 2. The number of hydrogen-bond acceptors (Lipinski definition) is 4. The summed E-state index contributed by atoms with van der Waals surface area (Å²) in [5.41, 5.74) is 1.33. The molecular weight excluding hydrogens is 329 g/mol. The van der Waals surface area contributed by atoms with E-state index in [0.29, 0.717) is 28.1 Å². The van der Waals surface area contributed by atoms with Crippen LogP contribution in [0.3, 0.4) is 0 Å². The molecule has 0 saturated carbocycles. The molecule has 0 aliphatic heterocycles. The van der Waals surface area contributed by atoms with Crippen molar-refractivity contribution in [1.29, 1.82) is 0 Å². The molecule has 0 aliphatic rings. The number of carbonyl (C=O) groups is 1. The minimum absolute atomic E-state index is 0.150. The highest BCUT2D eigenvalue weighted by Crippen LogP contribution is 2.23. The summed E-state index contributed by atoms with van der Waals surface area (Å²) >= 11 is 13.4. The van der Waals surface area contributed by atoms with Crippen LogP contribution in [0.2, 0.25) is 9.49 Å². The Kier molecular flexibility index (Phi) is 5.85. The van der Waals surface area contributed by atoms with Gasteiger partial charge in [0.1, 0.15) is 0 Å². The maximum atomic E-state index is 11.9. The number of nitrogens with one attached hydrogen (secondary N) is 2. The average Bonchev–Trinajstić information content (AvgIpc) is 2.88. The van der Waals surface area contributed by atoms with Crippen molar-refractivity contribution in [1.82, 2.24) is 10.3 Å². The van der Waals surface area contributed by atoms with Gasteiger partial charge in [0, 0.05) is 23.3 Å². The number of amides is 1. The zero-order valence-corrected chi connectivity index (χ0v) is 13.8. The van der Waals surface area contributed by atoms with E-state index in [9.17, 15) is 4.79 Å². The lowest BCUT2D eigenvalue weighted by atomic mass is 10.2.